The molecule has 0 aliphatic heterocycles. The summed E-state index contributed by atoms with van der Waals surface area (Å²) in [7, 11) is 1.60. The second kappa shape index (κ2) is 6.10. The number of methoxy groups -OCH3 is 1. The number of hydrogen-bond acceptors (Lipinski definition) is 6. The first-order valence-electron chi connectivity index (χ1n) is 6.16. The molecule has 108 valence electrons. The molecule has 2 aromatic rings. The van der Waals surface area contributed by atoms with Crippen molar-refractivity contribution in [2.75, 3.05) is 12.4 Å². The fourth-order valence-corrected chi connectivity index (χ4v) is 2.47. The summed E-state index contributed by atoms with van der Waals surface area (Å²) in [6.45, 7) is 5.84. The van der Waals surface area contributed by atoms with Gasteiger partial charge < -0.3 is 4.74 Å². The molecule has 2 rings (SSSR count). The van der Waals surface area contributed by atoms with Gasteiger partial charge >= 0.3 is 0 Å². The van der Waals surface area contributed by atoms with Crippen LogP contribution in [0.5, 0.6) is 0 Å². The van der Waals surface area contributed by atoms with Gasteiger partial charge in [-0.1, -0.05) is 11.3 Å². The van der Waals surface area contributed by atoms with Crippen molar-refractivity contribution in [2.45, 2.75) is 33.4 Å². The summed E-state index contributed by atoms with van der Waals surface area (Å²) in [4.78, 5) is 11.9. The maximum Gasteiger partial charge on any atom is 0.247 e. The first-order valence-corrected chi connectivity index (χ1v) is 6.98. The molecule has 0 radical (unpaired) electrons. The highest BCUT2D eigenvalue weighted by molar-refractivity contribution is 7.15. The molecule has 2 aromatic heterocycles. The summed E-state index contributed by atoms with van der Waals surface area (Å²) in [6.07, 6.45) is -0.130. The number of nitrogens with one attached hydrogen (secondary N) is 1. The number of anilines is 1. The van der Waals surface area contributed by atoms with Crippen LogP contribution in [0.3, 0.4) is 0 Å². The van der Waals surface area contributed by atoms with E-state index in [1.165, 1.54) is 11.3 Å². The fourth-order valence-electron chi connectivity index (χ4n) is 1.68. The Hall–Kier alpha value is -1.80. The van der Waals surface area contributed by atoms with Crippen LogP contribution in [0.4, 0.5) is 5.13 Å². The van der Waals surface area contributed by atoms with Crippen molar-refractivity contribution in [2.24, 2.45) is 0 Å². The minimum atomic E-state index is -0.177. The number of aromatic nitrogens is 4. The van der Waals surface area contributed by atoms with E-state index in [1.54, 1.807) is 11.8 Å². The molecule has 0 aliphatic carbocycles. The number of nitrogens with zero attached hydrogens (tertiary/aromatic N) is 4. The smallest absolute Gasteiger partial charge is 0.247 e. The second-order valence-corrected chi connectivity index (χ2v) is 5.47. The Balaban J connectivity index is 1.98. The van der Waals surface area contributed by atoms with Crippen LogP contribution in [0.2, 0.25) is 0 Å². The molecule has 7 nitrogen and oxygen atoms in total. The molecule has 0 fully saturated rings. The van der Waals surface area contributed by atoms with Crippen LogP contribution < -0.4 is 5.32 Å². The first kappa shape index (κ1) is 14.6. The molecule has 1 unspecified atom stereocenters. The molecule has 0 aliphatic rings. The van der Waals surface area contributed by atoms with Crippen molar-refractivity contribution in [1.82, 2.24) is 20.0 Å². The molecule has 0 saturated heterocycles. The van der Waals surface area contributed by atoms with Gasteiger partial charge in [0.2, 0.25) is 11.0 Å². The van der Waals surface area contributed by atoms with E-state index >= 15 is 0 Å². The second-order valence-electron chi connectivity index (χ2n) is 4.46. The van der Waals surface area contributed by atoms with Crippen LogP contribution in [0.25, 0.3) is 0 Å². The highest BCUT2D eigenvalue weighted by atomic mass is 32.1. The van der Waals surface area contributed by atoms with Gasteiger partial charge in [0.25, 0.3) is 0 Å². The van der Waals surface area contributed by atoms with Gasteiger partial charge in [0.1, 0.15) is 17.7 Å². The average molecular weight is 295 g/mol. The van der Waals surface area contributed by atoms with E-state index in [0.29, 0.717) is 5.13 Å². The molecular formula is C12H17N5O2S. The third kappa shape index (κ3) is 3.40. The van der Waals surface area contributed by atoms with E-state index in [1.807, 2.05) is 26.8 Å². The third-order valence-corrected chi connectivity index (χ3v) is 3.78. The SMILES string of the molecule is COC(C)c1nnc(NC(=O)Cn2nc(C)cc2C)s1. The lowest BCUT2D eigenvalue weighted by Gasteiger charge is -2.04. The van der Waals surface area contributed by atoms with Crippen LogP contribution in [0.1, 0.15) is 29.4 Å². The predicted octanol–water partition coefficient (Wildman–Crippen LogP) is 1.70. The number of aryl methyl sites for hydroxylation is 2. The summed E-state index contributed by atoms with van der Waals surface area (Å²) in [5.74, 6) is -0.177. The summed E-state index contributed by atoms with van der Waals surface area (Å²) < 4.78 is 6.81. The molecule has 1 amide bonds. The van der Waals surface area contributed by atoms with Gasteiger partial charge in [0, 0.05) is 12.8 Å². The molecule has 0 bridgehead atoms. The van der Waals surface area contributed by atoms with Gasteiger partial charge in [0.15, 0.2) is 0 Å². The Morgan fingerprint density at radius 2 is 2.25 bits per heavy atom. The zero-order valence-corrected chi connectivity index (χ0v) is 12.7. The quantitative estimate of drug-likeness (QED) is 0.908. The Morgan fingerprint density at radius 3 is 2.85 bits per heavy atom. The molecule has 1 atom stereocenters. The van der Waals surface area contributed by atoms with Crippen molar-refractivity contribution in [3.8, 4) is 0 Å². The van der Waals surface area contributed by atoms with E-state index in [4.69, 9.17) is 4.74 Å². The lowest BCUT2D eigenvalue weighted by Crippen LogP contribution is -2.20. The monoisotopic (exact) mass is 295 g/mol. The molecular weight excluding hydrogens is 278 g/mol. The van der Waals surface area contributed by atoms with E-state index < -0.39 is 0 Å². The lowest BCUT2D eigenvalue weighted by molar-refractivity contribution is -0.116. The molecule has 0 aromatic carbocycles. The van der Waals surface area contributed by atoms with Gasteiger partial charge in [-0.2, -0.15) is 5.10 Å². The molecule has 0 saturated carbocycles. The number of ether oxygens (including phenoxy) is 1. The summed E-state index contributed by atoms with van der Waals surface area (Å²) >= 11 is 1.31. The number of carbonyl (C=O) groups excluding carboxylic acids is 1. The maximum absolute atomic E-state index is 11.9. The highest BCUT2D eigenvalue weighted by Crippen LogP contribution is 2.23. The molecule has 1 N–H and O–H groups in total. The Bertz CT molecular complexity index is 607. The largest absolute Gasteiger partial charge is 0.374 e. The third-order valence-electron chi connectivity index (χ3n) is 2.79. The number of amides is 1. The van der Waals surface area contributed by atoms with Crippen molar-refractivity contribution in [3.63, 3.8) is 0 Å². The number of carbonyl (C=O) groups is 1. The van der Waals surface area contributed by atoms with E-state index in [2.05, 4.69) is 20.6 Å². The van der Waals surface area contributed by atoms with Gasteiger partial charge in [-0.15, -0.1) is 10.2 Å². The molecule has 2 heterocycles. The minimum absolute atomic E-state index is 0.130. The molecule has 0 spiro atoms. The van der Waals surface area contributed by atoms with Crippen LogP contribution in [0, 0.1) is 13.8 Å². The zero-order valence-electron chi connectivity index (χ0n) is 11.9. The first-order chi connectivity index (χ1) is 9.49. The van der Waals surface area contributed by atoms with E-state index in [0.717, 1.165) is 16.4 Å². The lowest BCUT2D eigenvalue weighted by atomic mass is 10.4. The Morgan fingerprint density at radius 1 is 1.50 bits per heavy atom. The van der Waals surface area contributed by atoms with Gasteiger partial charge in [0.05, 0.1) is 5.69 Å². The van der Waals surface area contributed by atoms with Crippen LogP contribution >= 0.6 is 11.3 Å². The van der Waals surface area contributed by atoms with E-state index in [-0.39, 0.29) is 18.6 Å². The minimum Gasteiger partial charge on any atom is -0.374 e. The number of hydrogen-bond donors (Lipinski definition) is 1. The molecule has 8 heteroatoms. The van der Waals surface area contributed by atoms with Crippen molar-refractivity contribution in [3.05, 3.63) is 22.5 Å². The van der Waals surface area contributed by atoms with Crippen molar-refractivity contribution in [1.29, 1.82) is 0 Å². The standard InChI is InChI=1S/C12H17N5O2S/c1-7-5-8(2)17(16-7)6-10(18)13-12-15-14-11(20-12)9(3)19-4/h5,9H,6H2,1-4H3,(H,13,15,18). The van der Waals surface area contributed by atoms with Gasteiger partial charge in [-0.25, -0.2) is 0 Å². The molecule has 20 heavy (non-hydrogen) atoms. The summed E-state index contributed by atoms with van der Waals surface area (Å²) in [5, 5.41) is 16.1. The van der Waals surface area contributed by atoms with Crippen molar-refractivity contribution < 1.29 is 9.53 Å². The Labute approximate surface area is 121 Å². The van der Waals surface area contributed by atoms with Crippen LogP contribution in [-0.4, -0.2) is 33.0 Å². The average Bonchev–Trinajstić information content (AvgIpc) is 2.96. The van der Waals surface area contributed by atoms with Gasteiger partial charge in [-0.3, -0.25) is 14.8 Å². The highest BCUT2D eigenvalue weighted by Gasteiger charge is 2.13. The van der Waals surface area contributed by atoms with Crippen LogP contribution in [-0.2, 0) is 16.1 Å². The van der Waals surface area contributed by atoms with Gasteiger partial charge in [-0.05, 0) is 26.8 Å². The van der Waals surface area contributed by atoms with Crippen molar-refractivity contribution >= 4 is 22.4 Å². The summed E-state index contributed by atoms with van der Waals surface area (Å²) in [5.41, 5.74) is 1.84. The van der Waals surface area contributed by atoms with Crippen LogP contribution in [0.15, 0.2) is 6.07 Å². The summed E-state index contributed by atoms with van der Waals surface area (Å²) in [6, 6.07) is 1.93. The fraction of sp³-hybridized carbons (Fsp3) is 0.500. The normalized spacial score (nSPS) is 12.4. The predicted molar refractivity (Wildman–Crippen MR) is 75.7 cm³/mol. The van der Waals surface area contributed by atoms with E-state index in [9.17, 15) is 4.79 Å². The zero-order chi connectivity index (χ0) is 14.7. The number of rotatable bonds is 5. The maximum atomic E-state index is 11.9. The Kier molecular flexibility index (Phi) is 4.46. The topological polar surface area (TPSA) is 81.9 Å².